The average Bonchev–Trinajstić information content (AvgIpc) is 2.74. The number of rotatable bonds is 12. The molecule has 0 fully saturated rings. The van der Waals surface area contributed by atoms with E-state index in [1.807, 2.05) is 18.2 Å². The third kappa shape index (κ3) is 7.72. The molecule has 0 N–H and O–H groups in total. The van der Waals surface area contributed by atoms with Gasteiger partial charge < -0.3 is 9.47 Å². The van der Waals surface area contributed by atoms with Gasteiger partial charge in [0.15, 0.2) is 0 Å². The summed E-state index contributed by atoms with van der Waals surface area (Å²) in [5.74, 6) is -0.311. The van der Waals surface area contributed by atoms with Crippen molar-refractivity contribution < 1.29 is 19.1 Å². The van der Waals surface area contributed by atoms with Crippen LogP contribution in [-0.2, 0) is 11.2 Å². The van der Waals surface area contributed by atoms with Gasteiger partial charge in [0.25, 0.3) is 0 Å². The molecule has 0 unspecified atom stereocenters. The van der Waals surface area contributed by atoms with Gasteiger partial charge in [-0.15, -0.1) is 0 Å². The highest BCUT2D eigenvalue weighted by atomic mass is 16.5. The highest BCUT2D eigenvalue weighted by molar-refractivity contribution is 5.96. The van der Waals surface area contributed by atoms with Gasteiger partial charge in [-0.05, 0) is 42.7 Å². The molecule has 2 aromatic rings. The van der Waals surface area contributed by atoms with Gasteiger partial charge >= 0.3 is 11.9 Å². The molecular formula is C25H32O4. The highest BCUT2D eigenvalue weighted by Crippen LogP contribution is 2.21. The van der Waals surface area contributed by atoms with Gasteiger partial charge in [0.1, 0.15) is 5.75 Å². The number of aryl methyl sites for hydroxylation is 1. The summed E-state index contributed by atoms with van der Waals surface area (Å²) < 4.78 is 10.9. The maximum absolute atomic E-state index is 12.6. The number of unbranched alkanes of at least 4 members (excludes halogenated alkanes) is 5. The molecule has 0 heterocycles. The van der Waals surface area contributed by atoms with Gasteiger partial charge in [-0.2, -0.15) is 0 Å². The lowest BCUT2D eigenvalue weighted by Gasteiger charge is -2.10. The van der Waals surface area contributed by atoms with Gasteiger partial charge in [0, 0.05) is 0 Å². The Balaban J connectivity index is 1.89. The van der Waals surface area contributed by atoms with E-state index in [0.717, 1.165) is 31.2 Å². The molecule has 0 atom stereocenters. The molecule has 0 saturated carbocycles. The van der Waals surface area contributed by atoms with Crippen LogP contribution in [0.3, 0.4) is 0 Å². The van der Waals surface area contributed by atoms with Crippen LogP contribution in [0.4, 0.5) is 0 Å². The standard InChI is InChI=1S/C25H32O4/c1-3-5-6-7-8-11-18-28-24(26)21-15-12-16-22(19-21)25(27)29-23-17-10-9-14-20(23)13-4-2/h9-10,12,14-17,19H,3-8,11,13,18H2,1-2H3. The Morgan fingerprint density at radius 1 is 0.759 bits per heavy atom. The molecule has 0 bridgehead atoms. The molecule has 0 aliphatic heterocycles. The zero-order chi connectivity index (χ0) is 20.9. The number of benzene rings is 2. The highest BCUT2D eigenvalue weighted by Gasteiger charge is 2.14. The summed E-state index contributed by atoms with van der Waals surface area (Å²) in [6, 6.07) is 14.1. The maximum Gasteiger partial charge on any atom is 0.343 e. The predicted octanol–water partition coefficient (Wildman–Crippen LogP) is 6.38. The van der Waals surface area contributed by atoms with Crippen LogP contribution in [0.25, 0.3) is 0 Å². The second kappa shape index (κ2) is 12.8. The quantitative estimate of drug-likeness (QED) is 0.237. The van der Waals surface area contributed by atoms with E-state index in [9.17, 15) is 9.59 Å². The van der Waals surface area contributed by atoms with Gasteiger partial charge in [-0.3, -0.25) is 0 Å². The van der Waals surface area contributed by atoms with Crippen molar-refractivity contribution in [2.45, 2.75) is 65.2 Å². The molecule has 156 valence electrons. The normalized spacial score (nSPS) is 10.6. The third-order valence-electron chi connectivity index (χ3n) is 4.76. The number of carbonyl (C=O) groups is 2. The number of hydrogen-bond donors (Lipinski definition) is 0. The molecule has 2 rings (SSSR count). The average molecular weight is 397 g/mol. The first-order valence-electron chi connectivity index (χ1n) is 10.7. The number of para-hydroxylation sites is 1. The van der Waals surface area contributed by atoms with Crippen molar-refractivity contribution in [3.05, 3.63) is 65.2 Å². The van der Waals surface area contributed by atoms with Crippen LogP contribution in [0.15, 0.2) is 48.5 Å². The van der Waals surface area contributed by atoms with Crippen LogP contribution >= 0.6 is 0 Å². The Kier molecular flexibility index (Phi) is 9.98. The molecule has 0 saturated heterocycles. The Morgan fingerprint density at radius 3 is 2.21 bits per heavy atom. The van der Waals surface area contributed by atoms with Gasteiger partial charge in [-0.1, -0.05) is 76.6 Å². The minimum absolute atomic E-state index is 0.338. The van der Waals surface area contributed by atoms with Crippen molar-refractivity contribution in [1.82, 2.24) is 0 Å². The Morgan fingerprint density at radius 2 is 1.45 bits per heavy atom. The van der Waals surface area contributed by atoms with E-state index in [-0.39, 0.29) is 0 Å². The summed E-state index contributed by atoms with van der Waals surface area (Å²) in [5.41, 5.74) is 1.70. The summed E-state index contributed by atoms with van der Waals surface area (Å²) in [6.07, 6.45) is 8.62. The molecule has 0 radical (unpaired) electrons. The number of ether oxygens (including phenoxy) is 2. The first-order valence-corrected chi connectivity index (χ1v) is 10.7. The van der Waals surface area contributed by atoms with Crippen molar-refractivity contribution in [3.63, 3.8) is 0 Å². The van der Waals surface area contributed by atoms with E-state index in [1.54, 1.807) is 24.3 Å². The number of carbonyl (C=O) groups excluding carboxylic acids is 2. The fraction of sp³-hybridized carbons (Fsp3) is 0.440. The van der Waals surface area contributed by atoms with Crippen molar-refractivity contribution in [2.24, 2.45) is 0 Å². The van der Waals surface area contributed by atoms with E-state index in [2.05, 4.69) is 13.8 Å². The lowest BCUT2D eigenvalue weighted by molar-refractivity contribution is 0.0497. The maximum atomic E-state index is 12.6. The Labute approximate surface area is 174 Å². The fourth-order valence-electron chi connectivity index (χ4n) is 3.14. The van der Waals surface area contributed by atoms with E-state index in [1.165, 1.54) is 31.7 Å². The molecule has 0 aliphatic carbocycles. The molecule has 29 heavy (non-hydrogen) atoms. The summed E-state index contributed by atoms with van der Waals surface area (Å²) >= 11 is 0. The summed E-state index contributed by atoms with van der Waals surface area (Å²) in [6.45, 7) is 4.68. The van der Waals surface area contributed by atoms with Crippen LogP contribution in [0.2, 0.25) is 0 Å². The molecular weight excluding hydrogens is 364 g/mol. The first-order chi connectivity index (χ1) is 14.2. The topological polar surface area (TPSA) is 52.6 Å². The van der Waals surface area contributed by atoms with E-state index < -0.39 is 11.9 Å². The van der Waals surface area contributed by atoms with Crippen LogP contribution in [0, 0.1) is 0 Å². The smallest absolute Gasteiger partial charge is 0.343 e. The van der Waals surface area contributed by atoms with E-state index in [4.69, 9.17) is 9.47 Å². The van der Waals surface area contributed by atoms with Crippen LogP contribution in [-0.4, -0.2) is 18.5 Å². The first kappa shape index (κ1) is 22.7. The molecule has 4 nitrogen and oxygen atoms in total. The van der Waals surface area contributed by atoms with Crippen molar-refractivity contribution in [3.8, 4) is 5.75 Å². The van der Waals surface area contributed by atoms with Crippen LogP contribution < -0.4 is 4.74 Å². The summed E-state index contributed by atoms with van der Waals surface area (Å²) in [7, 11) is 0. The van der Waals surface area contributed by atoms with Crippen LogP contribution in [0.1, 0.15) is 85.1 Å². The van der Waals surface area contributed by atoms with Crippen molar-refractivity contribution in [1.29, 1.82) is 0 Å². The zero-order valence-corrected chi connectivity index (χ0v) is 17.6. The van der Waals surface area contributed by atoms with Gasteiger partial charge in [0.2, 0.25) is 0 Å². The van der Waals surface area contributed by atoms with Gasteiger partial charge in [0.05, 0.1) is 17.7 Å². The van der Waals surface area contributed by atoms with Crippen LogP contribution in [0.5, 0.6) is 5.75 Å². The number of esters is 2. The number of hydrogen-bond acceptors (Lipinski definition) is 4. The van der Waals surface area contributed by atoms with E-state index >= 15 is 0 Å². The molecule has 0 amide bonds. The Hall–Kier alpha value is -2.62. The van der Waals surface area contributed by atoms with Crippen molar-refractivity contribution in [2.75, 3.05) is 6.61 Å². The van der Waals surface area contributed by atoms with Gasteiger partial charge in [-0.25, -0.2) is 9.59 Å². The second-order valence-electron chi connectivity index (χ2n) is 7.23. The largest absolute Gasteiger partial charge is 0.462 e. The predicted molar refractivity (Wildman–Crippen MR) is 115 cm³/mol. The minimum Gasteiger partial charge on any atom is -0.462 e. The zero-order valence-electron chi connectivity index (χ0n) is 17.6. The molecule has 0 spiro atoms. The Bertz CT molecular complexity index is 782. The second-order valence-corrected chi connectivity index (χ2v) is 7.23. The summed E-state index contributed by atoms with van der Waals surface area (Å²) in [5, 5.41) is 0. The lowest BCUT2D eigenvalue weighted by Crippen LogP contribution is -2.12. The lowest BCUT2D eigenvalue weighted by atomic mass is 10.1. The van der Waals surface area contributed by atoms with E-state index in [0.29, 0.717) is 23.5 Å². The van der Waals surface area contributed by atoms with Crippen molar-refractivity contribution >= 4 is 11.9 Å². The monoisotopic (exact) mass is 396 g/mol. The molecule has 0 aliphatic rings. The summed E-state index contributed by atoms with van der Waals surface area (Å²) in [4.78, 5) is 24.8. The SMILES string of the molecule is CCCCCCCCOC(=O)c1cccc(C(=O)Oc2ccccc2CCC)c1. The molecule has 4 heteroatoms. The third-order valence-corrected chi connectivity index (χ3v) is 4.76. The minimum atomic E-state index is -0.473. The molecule has 0 aromatic heterocycles. The molecule has 2 aromatic carbocycles. The fourth-order valence-corrected chi connectivity index (χ4v) is 3.14.